The van der Waals surface area contributed by atoms with Crippen molar-refractivity contribution >= 4 is 5.78 Å². The molecule has 2 aromatic carbocycles. The second kappa shape index (κ2) is 11.2. The fourth-order valence-electron chi connectivity index (χ4n) is 1.62. The third kappa shape index (κ3) is 8.92. The van der Waals surface area contributed by atoms with Crippen molar-refractivity contribution in [3.8, 4) is 11.5 Å². The zero-order valence-electron chi connectivity index (χ0n) is 14.0. The molecule has 2 rings (SSSR count). The molecule has 130 valence electrons. The lowest BCUT2D eigenvalue weighted by Crippen LogP contribution is -2.21. The Bertz CT molecular complexity index is 576. The highest BCUT2D eigenvalue weighted by Crippen LogP contribution is 2.18. The normalized spacial score (nSPS) is 11.0. The Morgan fingerprint density at radius 2 is 1.46 bits per heavy atom. The van der Waals surface area contributed by atoms with Crippen molar-refractivity contribution in [1.82, 2.24) is 0 Å². The van der Waals surface area contributed by atoms with Gasteiger partial charge in [0.25, 0.3) is 0 Å². The van der Waals surface area contributed by atoms with E-state index in [0.29, 0.717) is 12.4 Å². The third-order valence-electron chi connectivity index (χ3n) is 2.73. The Morgan fingerprint density at radius 1 is 0.958 bits per heavy atom. The monoisotopic (exact) mass is 332 g/mol. The number of aliphatic hydroxyl groups excluding tert-OH is 2. The number of ether oxygens (including phenoxy) is 2. The first kappa shape index (κ1) is 19.7. The molecular formula is C19H24O5. The molecule has 0 aliphatic carbocycles. The van der Waals surface area contributed by atoms with Gasteiger partial charge in [-0.05, 0) is 43.7 Å². The first-order valence-corrected chi connectivity index (χ1v) is 7.67. The molecule has 24 heavy (non-hydrogen) atoms. The summed E-state index contributed by atoms with van der Waals surface area (Å²) in [5.41, 5.74) is 1.11. The minimum absolute atomic E-state index is 0.0702. The van der Waals surface area contributed by atoms with Gasteiger partial charge in [0.1, 0.15) is 36.6 Å². The molecule has 2 aromatic rings. The van der Waals surface area contributed by atoms with Crippen LogP contribution in [-0.2, 0) is 11.4 Å². The van der Waals surface area contributed by atoms with E-state index in [1.54, 1.807) is 12.1 Å². The van der Waals surface area contributed by atoms with Gasteiger partial charge < -0.3 is 24.5 Å². The predicted octanol–water partition coefficient (Wildman–Crippen LogP) is 2.59. The van der Waals surface area contributed by atoms with Gasteiger partial charge in [-0.3, -0.25) is 0 Å². The van der Waals surface area contributed by atoms with Crippen LogP contribution in [0.15, 0.2) is 54.6 Å². The van der Waals surface area contributed by atoms with Gasteiger partial charge in [-0.1, -0.05) is 30.3 Å². The van der Waals surface area contributed by atoms with Gasteiger partial charge >= 0.3 is 0 Å². The van der Waals surface area contributed by atoms with E-state index in [9.17, 15) is 9.90 Å². The van der Waals surface area contributed by atoms with E-state index < -0.39 is 6.10 Å². The Kier molecular flexibility index (Phi) is 9.19. The van der Waals surface area contributed by atoms with Crippen molar-refractivity contribution in [1.29, 1.82) is 0 Å². The molecule has 2 N–H and O–H groups in total. The van der Waals surface area contributed by atoms with E-state index in [1.807, 2.05) is 42.5 Å². The van der Waals surface area contributed by atoms with Crippen LogP contribution in [0.25, 0.3) is 0 Å². The minimum Gasteiger partial charge on any atom is -0.491 e. The highest BCUT2D eigenvalue weighted by molar-refractivity contribution is 5.72. The van der Waals surface area contributed by atoms with E-state index in [4.69, 9.17) is 14.6 Å². The average molecular weight is 332 g/mol. The number of Topliss-reactive ketones (excluding diaryl/α,β-unsaturated/α-hetero) is 1. The fraction of sp³-hybridized carbons (Fsp3) is 0.316. The zero-order chi connectivity index (χ0) is 17.8. The summed E-state index contributed by atoms with van der Waals surface area (Å²) >= 11 is 0. The number of ketones is 1. The van der Waals surface area contributed by atoms with E-state index >= 15 is 0 Å². The Balaban J connectivity index is 0.000000648. The number of hydrogen-bond donors (Lipinski definition) is 2. The Morgan fingerprint density at radius 3 is 1.96 bits per heavy atom. The maximum absolute atomic E-state index is 9.44. The van der Waals surface area contributed by atoms with Crippen LogP contribution < -0.4 is 9.47 Å². The number of hydrogen-bond acceptors (Lipinski definition) is 5. The van der Waals surface area contributed by atoms with Gasteiger partial charge in [-0.2, -0.15) is 0 Å². The average Bonchev–Trinajstić information content (AvgIpc) is 2.59. The van der Waals surface area contributed by atoms with Crippen molar-refractivity contribution in [3.63, 3.8) is 0 Å². The van der Waals surface area contributed by atoms with Crippen molar-refractivity contribution in [2.24, 2.45) is 0 Å². The van der Waals surface area contributed by atoms with E-state index in [1.165, 1.54) is 13.8 Å². The molecule has 0 aliphatic rings. The van der Waals surface area contributed by atoms with Gasteiger partial charge in [0, 0.05) is 0 Å². The number of carbonyl (C=O) groups is 1. The molecule has 0 saturated carbocycles. The maximum Gasteiger partial charge on any atom is 0.126 e. The molecule has 0 amide bonds. The summed E-state index contributed by atoms with van der Waals surface area (Å²) in [4.78, 5) is 9.44. The second-order valence-corrected chi connectivity index (χ2v) is 5.30. The summed E-state index contributed by atoms with van der Waals surface area (Å²) < 4.78 is 11.0. The fourth-order valence-corrected chi connectivity index (χ4v) is 1.62. The highest BCUT2D eigenvalue weighted by atomic mass is 16.5. The number of carbonyl (C=O) groups excluding carboxylic acids is 1. The van der Waals surface area contributed by atoms with Gasteiger partial charge in [-0.15, -0.1) is 0 Å². The van der Waals surface area contributed by atoms with Crippen LogP contribution in [0.3, 0.4) is 0 Å². The lowest BCUT2D eigenvalue weighted by Gasteiger charge is -2.11. The summed E-state index contributed by atoms with van der Waals surface area (Å²) in [7, 11) is 0. The maximum atomic E-state index is 9.44. The van der Waals surface area contributed by atoms with Gasteiger partial charge in [-0.25, -0.2) is 0 Å². The van der Waals surface area contributed by atoms with Crippen molar-refractivity contribution < 1.29 is 24.5 Å². The standard InChI is InChI=1S/C16H18O4.C3H6O/c17-10-14(18)12-20-16-8-6-15(7-9-16)19-11-13-4-2-1-3-5-13;1-3(2)4/h1-9,14,17-18H,10-12H2;1-2H3/t14-;/m0./s1. The molecule has 0 fully saturated rings. The summed E-state index contributed by atoms with van der Waals surface area (Å²) in [5, 5.41) is 17.9. The van der Waals surface area contributed by atoms with E-state index in [0.717, 1.165) is 11.3 Å². The van der Waals surface area contributed by atoms with Crippen LogP contribution in [0, 0.1) is 0 Å². The van der Waals surface area contributed by atoms with E-state index in [2.05, 4.69) is 0 Å². The SMILES string of the molecule is CC(C)=O.OC[C@H](O)COc1ccc(OCc2ccccc2)cc1. The lowest BCUT2D eigenvalue weighted by molar-refractivity contribution is -0.114. The molecule has 0 aliphatic heterocycles. The largest absolute Gasteiger partial charge is 0.491 e. The van der Waals surface area contributed by atoms with Gasteiger partial charge in [0.15, 0.2) is 0 Å². The first-order chi connectivity index (χ1) is 11.5. The molecule has 1 atom stereocenters. The Hall–Kier alpha value is -2.37. The minimum atomic E-state index is -0.857. The molecular weight excluding hydrogens is 308 g/mol. The van der Waals surface area contributed by atoms with Crippen LogP contribution in [-0.4, -0.2) is 35.3 Å². The molecule has 0 spiro atoms. The van der Waals surface area contributed by atoms with Crippen molar-refractivity contribution in [2.75, 3.05) is 13.2 Å². The van der Waals surface area contributed by atoms with Gasteiger partial charge in [0.05, 0.1) is 6.61 Å². The molecule has 5 heteroatoms. The summed E-state index contributed by atoms with van der Waals surface area (Å²) in [6.07, 6.45) is -0.857. The lowest BCUT2D eigenvalue weighted by atomic mass is 10.2. The number of aliphatic hydroxyl groups is 2. The zero-order valence-corrected chi connectivity index (χ0v) is 14.0. The van der Waals surface area contributed by atoms with Crippen molar-refractivity contribution in [3.05, 3.63) is 60.2 Å². The summed E-state index contributed by atoms with van der Waals surface area (Å²) in [6.45, 7) is 3.34. The molecule has 0 saturated heterocycles. The van der Waals surface area contributed by atoms with Crippen LogP contribution in [0.1, 0.15) is 19.4 Å². The van der Waals surface area contributed by atoms with Crippen LogP contribution >= 0.6 is 0 Å². The van der Waals surface area contributed by atoms with Crippen LogP contribution in [0.2, 0.25) is 0 Å². The summed E-state index contributed by atoms with van der Waals surface area (Å²) in [5.74, 6) is 1.55. The first-order valence-electron chi connectivity index (χ1n) is 7.67. The Labute approximate surface area is 142 Å². The quantitative estimate of drug-likeness (QED) is 0.815. The van der Waals surface area contributed by atoms with E-state index in [-0.39, 0.29) is 19.0 Å². The van der Waals surface area contributed by atoms with Gasteiger partial charge in [0.2, 0.25) is 0 Å². The van der Waals surface area contributed by atoms with Crippen LogP contribution in [0.4, 0.5) is 0 Å². The number of benzene rings is 2. The predicted molar refractivity (Wildman–Crippen MR) is 92.2 cm³/mol. The third-order valence-corrected chi connectivity index (χ3v) is 2.73. The number of rotatable bonds is 7. The second-order valence-electron chi connectivity index (χ2n) is 5.30. The molecule has 0 bridgehead atoms. The topological polar surface area (TPSA) is 76.0 Å². The highest BCUT2D eigenvalue weighted by Gasteiger charge is 2.03. The molecule has 0 aromatic heterocycles. The summed E-state index contributed by atoms with van der Waals surface area (Å²) in [6, 6.07) is 17.1. The smallest absolute Gasteiger partial charge is 0.126 e. The molecule has 0 heterocycles. The molecule has 5 nitrogen and oxygen atoms in total. The van der Waals surface area contributed by atoms with Crippen molar-refractivity contribution in [2.45, 2.75) is 26.6 Å². The van der Waals surface area contributed by atoms with Crippen LogP contribution in [0.5, 0.6) is 11.5 Å². The molecule has 0 radical (unpaired) electrons. The molecule has 0 unspecified atom stereocenters.